The van der Waals surface area contributed by atoms with Crippen LogP contribution in [0.4, 0.5) is 8.78 Å². The Balaban J connectivity index is 1.61. The average molecular weight is 331 g/mol. The van der Waals surface area contributed by atoms with Crippen LogP contribution in [0.25, 0.3) is 0 Å². The van der Waals surface area contributed by atoms with Gasteiger partial charge in [-0.3, -0.25) is 4.90 Å². The monoisotopic (exact) mass is 331 g/mol. The van der Waals surface area contributed by atoms with Crippen molar-refractivity contribution >= 4 is 5.97 Å². The highest BCUT2D eigenvalue weighted by Crippen LogP contribution is 2.24. The highest BCUT2D eigenvalue weighted by Gasteiger charge is 2.24. The van der Waals surface area contributed by atoms with E-state index >= 15 is 0 Å². The van der Waals surface area contributed by atoms with E-state index in [-0.39, 0.29) is 0 Å². The lowest BCUT2D eigenvalue weighted by atomic mass is 9.95. The number of benzene rings is 2. The van der Waals surface area contributed by atoms with E-state index in [0.717, 1.165) is 43.1 Å². The van der Waals surface area contributed by atoms with Crippen molar-refractivity contribution in [2.24, 2.45) is 5.92 Å². The SMILES string of the molecule is O=C(O)c1ccccc1CC1CCN(Cc2ccc(F)c(F)c2)C1. The third-order valence-electron chi connectivity index (χ3n) is 4.52. The van der Waals surface area contributed by atoms with Crippen molar-refractivity contribution in [1.82, 2.24) is 4.90 Å². The van der Waals surface area contributed by atoms with Crippen molar-refractivity contribution in [2.45, 2.75) is 19.4 Å². The molecule has 2 aromatic rings. The number of likely N-dealkylation sites (tertiary alicyclic amines) is 1. The number of carbonyl (C=O) groups is 1. The van der Waals surface area contributed by atoms with E-state index < -0.39 is 17.6 Å². The lowest BCUT2D eigenvalue weighted by Gasteiger charge is -2.17. The number of rotatable bonds is 5. The van der Waals surface area contributed by atoms with Gasteiger partial charge < -0.3 is 5.11 Å². The quantitative estimate of drug-likeness (QED) is 0.908. The molecule has 1 fully saturated rings. The van der Waals surface area contributed by atoms with Crippen molar-refractivity contribution in [3.63, 3.8) is 0 Å². The van der Waals surface area contributed by atoms with Crippen molar-refractivity contribution in [1.29, 1.82) is 0 Å². The van der Waals surface area contributed by atoms with Crippen LogP contribution in [0.1, 0.15) is 27.9 Å². The molecule has 24 heavy (non-hydrogen) atoms. The Labute approximate surface area is 139 Å². The zero-order valence-corrected chi connectivity index (χ0v) is 13.2. The fraction of sp³-hybridized carbons (Fsp3) is 0.316. The first-order valence-corrected chi connectivity index (χ1v) is 8.00. The van der Waals surface area contributed by atoms with Gasteiger partial charge in [-0.2, -0.15) is 0 Å². The van der Waals surface area contributed by atoms with Gasteiger partial charge >= 0.3 is 5.97 Å². The molecule has 1 aliphatic heterocycles. The summed E-state index contributed by atoms with van der Waals surface area (Å²) in [5, 5.41) is 9.26. The largest absolute Gasteiger partial charge is 0.478 e. The molecule has 1 saturated heterocycles. The van der Waals surface area contributed by atoms with E-state index in [1.165, 1.54) is 6.07 Å². The molecular formula is C19H19F2NO2. The van der Waals surface area contributed by atoms with Gasteiger partial charge in [-0.25, -0.2) is 13.6 Å². The summed E-state index contributed by atoms with van der Waals surface area (Å²) < 4.78 is 26.3. The van der Waals surface area contributed by atoms with Crippen molar-refractivity contribution < 1.29 is 18.7 Å². The molecule has 1 atom stereocenters. The maximum absolute atomic E-state index is 13.3. The standard InChI is InChI=1S/C19H19F2NO2/c20-17-6-5-13(10-18(17)21)11-22-8-7-14(12-22)9-15-3-1-2-4-16(15)19(23)24/h1-6,10,14H,7-9,11-12H2,(H,23,24). The number of halogens is 2. The summed E-state index contributed by atoms with van der Waals surface area (Å²) in [6.07, 6.45) is 1.69. The van der Waals surface area contributed by atoms with Gasteiger partial charge in [-0.05, 0) is 54.6 Å². The highest BCUT2D eigenvalue weighted by molar-refractivity contribution is 5.89. The average Bonchev–Trinajstić information content (AvgIpc) is 2.98. The van der Waals surface area contributed by atoms with E-state index in [1.54, 1.807) is 18.2 Å². The summed E-state index contributed by atoms with van der Waals surface area (Å²) in [5.41, 5.74) is 1.96. The number of hydrogen-bond donors (Lipinski definition) is 1. The fourth-order valence-electron chi connectivity index (χ4n) is 3.34. The van der Waals surface area contributed by atoms with Crippen molar-refractivity contribution in [3.05, 3.63) is 70.8 Å². The molecule has 1 N–H and O–H groups in total. The third kappa shape index (κ3) is 3.79. The minimum absolute atomic E-state index is 0.358. The lowest BCUT2D eigenvalue weighted by Crippen LogP contribution is -2.21. The maximum Gasteiger partial charge on any atom is 0.335 e. The van der Waals surface area contributed by atoms with E-state index in [4.69, 9.17) is 0 Å². The minimum atomic E-state index is -0.901. The normalized spacial score (nSPS) is 18.0. The first-order chi connectivity index (χ1) is 11.5. The Morgan fingerprint density at radius 1 is 1.17 bits per heavy atom. The summed E-state index contributed by atoms with van der Waals surface area (Å²) in [5.74, 6) is -2.18. The summed E-state index contributed by atoms with van der Waals surface area (Å²) in [6.45, 7) is 2.28. The summed E-state index contributed by atoms with van der Waals surface area (Å²) in [4.78, 5) is 13.5. The molecule has 1 unspecified atom stereocenters. The van der Waals surface area contributed by atoms with E-state index in [1.807, 2.05) is 12.1 Å². The third-order valence-corrected chi connectivity index (χ3v) is 4.52. The molecule has 0 aromatic heterocycles. The Kier molecular flexibility index (Phi) is 4.90. The molecule has 1 heterocycles. The van der Waals surface area contributed by atoms with Gasteiger partial charge in [0.05, 0.1) is 5.56 Å². The molecule has 0 aliphatic carbocycles. The molecule has 0 bridgehead atoms. The van der Waals surface area contributed by atoms with Gasteiger partial charge in [0.15, 0.2) is 11.6 Å². The summed E-state index contributed by atoms with van der Waals surface area (Å²) >= 11 is 0. The maximum atomic E-state index is 13.3. The van der Waals surface area contributed by atoms with Crippen LogP contribution < -0.4 is 0 Å². The summed E-state index contributed by atoms with van der Waals surface area (Å²) in [7, 11) is 0. The van der Waals surface area contributed by atoms with Crippen LogP contribution in [-0.4, -0.2) is 29.1 Å². The Bertz CT molecular complexity index is 748. The topological polar surface area (TPSA) is 40.5 Å². The minimum Gasteiger partial charge on any atom is -0.478 e. The Morgan fingerprint density at radius 3 is 2.71 bits per heavy atom. The number of hydrogen-bond acceptors (Lipinski definition) is 2. The Morgan fingerprint density at radius 2 is 1.96 bits per heavy atom. The van der Waals surface area contributed by atoms with Gasteiger partial charge in [-0.15, -0.1) is 0 Å². The molecule has 3 nitrogen and oxygen atoms in total. The van der Waals surface area contributed by atoms with E-state index in [9.17, 15) is 18.7 Å². The molecule has 126 valence electrons. The molecule has 3 rings (SSSR count). The zero-order valence-electron chi connectivity index (χ0n) is 13.2. The molecule has 5 heteroatoms. The second-order valence-corrected chi connectivity index (χ2v) is 6.30. The first kappa shape index (κ1) is 16.6. The van der Waals surface area contributed by atoms with Crippen LogP contribution in [0.3, 0.4) is 0 Å². The molecule has 0 amide bonds. The van der Waals surface area contributed by atoms with Crippen LogP contribution in [0, 0.1) is 17.6 Å². The van der Waals surface area contributed by atoms with Gasteiger partial charge in [-0.1, -0.05) is 24.3 Å². The molecule has 0 spiro atoms. The predicted octanol–water partition coefficient (Wildman–Crippen LogP) is 3.73. The summed E-state index contributed by atoms with van der Waals surface area (Å²) in [6, 6.07) is 11.1. The first-order valence-electron chi connectivity index (χ1n) is 8.00. The number of aromatic carboxylic acids is 1. The Hall–Kier alpha value is -2.27. The lowest BCUT2D eigenvalue weighted by molar-refractivity contribution is 0.0695. The van der Waals surface area contributed by atoms with Crippen molar-refractivity contribution in [3.8, 4) is 0 Å². The number of carboxylic acids is 1. The van der Waals surface area contributed by atoms with E-state index in [2.05, 4.69) is 4.90 Å². The second kappa shape index (κ2) is 7.09. The van der Waals surface area contributed by atoms with Crippen LogP contribution in [0.5, 0.6) is 0 Å². The zero-order chi connectivity index (χ0) is 17.1. The molecule has 2 aromatic carbocycles. The molecular weight excluding hydrogens is 312 g/mol. The van der Waals surface area contributed by atoms with Gasteiger partial charge in [0.25, 0.3) is 0 Å². The van der Waals surface area contributed by atoms with Gasteiger partial charge in [0, 0.05) is 13.1 Å². The smallest absolute Gasteiger partial charge is 0.335 e. The molecule has 0 saturated carbocycles. The molecule has 0 radical (unpaired) electrons. The van der Waals surface area contributed by atoms with Crippen LogP contribution in [0.15, 0.2) is 42.5 Å². The van der Waals surface area contributed by atoms with Gasteiger partial charge in [0.1, 0.15) is 0 Å². The predicted molar refractivity (Wildman–Crippen MR) is 86.8 cm³/mol. The number of nitrogens with zero attached hydrogens (tertiary/aromatic N) is 1. The highest BCUT2D eigenvalue weighted by atomic mass is 19.2. The fourth-order valence-corrected chi connectivity index (χ4v) is 3.34. The number of carboxylic acid groups (broad SMARTS) is 1. The second-order valence-electron chi connectivity index (χ2n) is 6.30. The van der Waals surface area contributed by atoms with Crippen LogP contribution in [-0.2, 0) is 13.0 Å². The van der Waals surface area contributed by atoms with Crippen LogP contribution in [0.2, 0.25) is 0 Å². The molecule has 1 aliphatic rings. The van der Waals surface area contributed by atoms with Crippen molar-refractivity contribution in [2.75, 3.05) is 13.1 Å². The van der Waals surface area contributed by atoms with E-state index in [0.29, 0.717) is 18.0 Å². The van der Waals surface area contributed by atoms with Gasteiger partial charge in [0.2, 0.25) is 0 Å². The van der Waals surface area contributed by atoms with Crippen LogP contribution >= 0.6 is 0 Å².